The highest BCUT2D eigenvalue weighted by Crippen LogP contribution is 2.20. The Morgan fingerprint density at radius 3 is 2.52 bits per heavy atom. The average molecular weight is 306 g/mol. The first kappa shape index (κ1) is 15.5. The Balaban J connectivity index is 2.31. The third-order valence-electron chi connectivity index (χ3n) is 2.97. The Morgan fingerprint density at radius 1 is 1.14 bits per heavy atom. The van der Waals surface area contributed by atoms with Gasteiger partial charge in [0.05, 0.1) is 24.6 Å². The van der Waals surface area contributed by atoms with Gasteiger partial charge in [-0.05, 0) is 23.8 Å². The first-order valence-corrected chi connectivity index (χ1v) is 8.18. The van der Waals surface area contributed by atoms with E-state index in [2.05, 4.69) is 4.98 Å². The molecule has 2 aromatic rings. The lowest BCUT2D eigenvalue weighted by Crippen LogP contribution is -2.33. The minimum Gasteiger partial charge on any atom is -0.384 e. The van der Waals surface area contributed by atoms with Gasteiger partial charge >= 0.3 is 0 Å². The largest absolute Gasteiger partial charge is 0.384 e. The molecule has 21 heavy (non-hydrogen) atoms. The summed E-state index contributed by atoms with van der Waals surface area (Å²) < 4.78 is 31.3. The number of hydrogen-bond donors (Lipinski definition) is 0. The van der Waals surface area contributed by atoms with Gasteiger partial charge in [0.25, 0.3) is 0 Å². The van der Waals surface area contributed by atoms with E-state index >= 15 is 0 Å². The smallest absolute Gasteiger partial charge is 0.237 e. The van der Waals surface area contributed by atoms with Crippen molar-refractivity contribution in [2.24, 2.45) is 0 Å². The molecule has 0 saturated carbocycles. The van der Waals surface area contributed by atoms with E-state index in [1.54, 1.807) is 30.6 Å². The normalized spacial score (nSPS) is 11.3. The second-order valence-electron chi connectivity index (χ2n) is 4.51. The maximum atomic E-state index is 12.5. The minimum absolute atomic E-state index is 0.0569. The third kappa shape index (κ3) is 4.27. The molecule has 0 unspecified atom stereocenters. The zero-order valence-corrected chi connectivity index (χ0v) is 12.7. The molecule has 112 valence electrons. The van der Waals surface area contributed by atoms with Crippen molar-refractivity contribution in [1.29, 1.82) is 0 Å². The summed E-state index contributed by atoms with van der Waals surface area (Å²) in [5.41, 5.74) is 1.47. The lowest BCUT2D eigenvalue weighted by molar-refractivity contribution is 0.217. The molecule has 0 spiro atoms. The SMILES string of the molecule is COCCS(=O)(=O)N(Cc1cccnc1)c1ccccc1. The molecule has 0 atom stereocenters. The van der Waals surface area contributed by atoms with Crippen LogP contribution >= 0.6 is 0 Å². The van der Waals surface area contributed by atoms with Crippen molar-refractivity contribution in [3.05, 3.63) is 60.4 Å². The van der Waals surface area contributed by atoms with E-state index in [0.717, 1.165) is 5.56 Å². The van der Waals surface area contributed by atoms with Gasteiger partial charge in [-0.3, -0.25) is 9.29 Å². The molecular weight excluding hydrogens is 288 g/mol. The van der Waals surface area contributed by atoms with Crippen molar-refractivity contribution in [3.63, 3.8) is 0 Å². The van der Waals surface area contributed by atoms with Gasteiger partial charge in [0, 0.05) is 19.5 Å². The Morgan fingerprint density at radius 2 is 1.90 bits per heavy atom. The fourth-order valence-corrected chi connectivity index (χ4v) is 3.29. The van der Waals surface area contributed by atoms with Crippen LogP contribution < -0.4 is 4.31 Å². The van der Waals surface area contributed by atoms with E-state index in [1.165, 1.54) is 11.4 Å². The Hall–Kier alpha value is -1.92. The summed E-state index contributed by atoms with van der Waals surface area (Å²) in [6.45, 7) is 0.419. The van der Waals surface area contributed by atoms with Crippen LogP contribution in [-0.2, 0) is 21.3 Å². The van der Waals surface area contributed by atoms with Gasteiger partial charge in [-0.1, -0.05) is 24.3 Å². The van der Waals surface area contributed by atoms with Crippen molar-refractivity contribution in [2.45, 2.75) is 6.54 Å². The highest BCUT2D eigenvalue weighted by molar-refractivity contribution is 7.92. The zero-order chi connectivity index (χ0) is 15.1. The third-order valence-corrected chi connectivity index (χ3v) is 4.67. The van der Waals surface area contributed by atoms with Gasteiger partial charge in [0.15, 0.2) is 0 Å². The molecule has 2 rings (SSSR count). The number of rotatable bonds is 7. The summed E-state index contributed by atoms with van der Waals surface area (Å²) in [7, 11) is -1.97. The van der Waals surface area contributed by atoms with Gasteiger partial charge in [0.1, 0.15) is 0 Å². The van der Waals surface area contributed by atoms with E-state index in [-0.39, 0.29) is 18.9 Å². The van der Waals surface area contributed by atoms with E-state index in [9.17, 15) is 8.42 Å². The Labute approximate surface area is 125 Å². The molecule has 0 N–H and O–H groups in total. The summed E-state index contributed by atoms with van der Waals surface area (Å²) in [4.78, 5) is 4.03. The summed E-state index contributed by atoms with van der Waals surface area (Å²) in [5.74, 6) is -0.0569. The monoisotopic (exact) mass is 306 g/mol. The van der Waals surface area contributed by atoms with Crippen LogP contribution in [0, 0.1) is 0 Å². The number of sulfonamides is 1. The first-order chi connectivity index (χ1) is 10.1. The number of ether oxygens (including phenoxy) is 1. The molecule has 0 aliphatic rings. The van der Waals surface area contributed by atoms with E-state index in [0.29, 0.717) is 5.69 Å². The van der Waals surface area contributed by atoms with Gasteiger partial charge in [-0.25, -0.2) is 8.42 Å². The molecule has 0 aliphatic carbocycles. The van der Waals surface area contributed by atoms with Crippen LogP contribution in [0.2, 0.25) is 0 Å². The predicted octanol–water partition coefficient (Wildman–Crippen LogP) is 2.06. The van der Waals surface area contributed by atoms with E-state index < -0.39 is 10.0 Å². The van der Waals surface area contributed by atoms with E-state index in [1.807, 2.05) is 24.3 Å². The lowest BCUT2D eigenvalue weighted by Gasteiger charge is -2.24. The number of anilines is 1. The standard InChI is InChI=1S/C15H18N2O3S/c1-20-10-11-21(18,19)17(15-7-3-2-4-8-15)13-14-6-5-9-16-12-14/h2-9,12H,10-11,13H2,1H3. The van der Waals surface area contributed by atoms with Crippen LogP contribution in [-0.4, -0.2) is 32.9 Å². The highest BCUT2D eigenvalue weighted by Gasteiger charge is 2.22. The van der Waals surface area contributed by atoms with Gasteiger partial charge < -0.3 is 4.74 Å². The summed E-state index contributed by atoms with van der Waals surface area (Å²) >= 11 is 0. The number of para-hydroxylation sites is 1. The van der Waals surface area contributed by atoms with Crippen molar-refractivity contribution < 1.29 is 13.2 Å². The molecule has 1 aromatic carbocycles. The van der Waals surface area contributed by atoms with Gasteiger partial charge in [0.2, 0.25) is 10.0 Å². The second kappa shape index (κ2) is 7.19. The predicted molar refractivity (Wildman–Crippen MR) is 82.5 cm³/mol. The zero-order valence-electron chi connectivity index (χ0n) is 11.8. The summed E-state index contributed by atoms with van der Waals surface area (Å²) in [5, 5.41) is 0. The molecule has 1 heterocycles. The van der Waals surface area contributed by atoms with Crippen LogP contribution in [0.4, 0.5) is 5.69 Å². The molecule has 5 nitrogen and oxygen atoms in total. The number of hydrogen-bond acceptors (Lipinski definition) is 4. The fraction of sp³-hybridized carbons (Fsp3) is 0.267. The minimum atomic E-state index is -3.46. The van der Waals surface area contributed by atoms with Crippen LogP contribution in [0.3, 0.4) is 0 Å². The quantitative estimate of drug-likeness (QED) is 0.785. The number of benzene rings is 1. The first-order valence-electron chi connectivity index (χ1n) is 6.57. The number of nitrogens with zero attached hydrogens (tertiary/aromatic N) is 2. The summed E-state index contributed by atoms with van der Waals surface area (Å²) in [6, 6.07) is 12.7. The average Bonchev–Trinajstić information content (AvgIpc) is 2.52. The Bertz CT molecular complexity index is 645. The molecule has 1 aromatic heterocycles. The summed E-state index contributed by atoms with van der Waals surface area (Å²) in [6.07, 6.45) is 3.33. The maximum Gasteiger partial charge on any atom is 0.237 e. The molecule has 0 amide bonds. The number of pyridine rings is 1. The fourth-order valence-electron chi connectivity index (χ4n) is 1.90. The Kier molecular flexibility index (Phi) is 5.30. The molecular formula is C15H18N2O3S. The molecule has 0 radical (unpaired) electrons. The van der Waals surface area contributed by atoms with Gasteiger partial charge in [-0.15, -0.1) is 0 Å². The van der Waals surface area contributed by atoms with Crippen molar-refractivity contribution in [1.82, 2.24) is 4.98 Å². The van der Waals surface area contributed by atoms with Crippen molar-refractivity contribution >= 4 is 15.7 Å². The van der Waals surface area contributed by atoms with Crippen molar-refractivity contribution in [3.8, 4) is 0 Å². The molecule has 6 heteroatoms. The lowest BCUT2D eigenvalue weighted by atomic mass is 10.2. The van der Waals surface area contributed by atoms with Gasteiger partial charge in [-0.2, -0.15) is 0 Å². The van der Waals surface area contributed by atoms with Crippen LogP contribution in [0.25, 0.3) is 0 Å². The molecule has 0 aliphatic heterocycles. The van der Waals surface area contributed by atoms with Crippen molar-refractivity contribution in [2.75, 3.05) is 23.8 Å². The number of methoxy groups -OCH3 is 1. The van der Waals surface area contributed by atoms with Crippen LogP contribution in [0.1, 0.15) is 5.56 Å². The van der Waals surface area contributed by atoms with Crippen LogP contribution in [0.5, 0.6) is 0 Å². The van der Waals surface area contributed by atoms with Crippen LogP contribution in [0.15, 0.2) is 54.9 Å². The topological polar surface area (TPSA) is 59.5 Å². The second-order valence-corrected chi connectivity index (χ2v) is 6.53. The highest BCUT2D eigenvalue weighted by atomic mass is 32.2. The molecule has 0 bridgehead atoms. The number of aromatic nitrogens is 1. The maximum absolute atomic E-state index is 12.5. The van der Waals surface area contributed by atoms with E-state index in [4.69, 9.17) is 4.74 Å². The molecule has 0 saturated heterocycles. The molecule has 0 fully saturated rings.